The van der Waals surface area contributed by atoms with E-state index >= 15 is 0 Å². The highest BCUT2D eigenvalue weighted by Gasteiger charge is 2.45. The summed E-state index contributed by atoms with van der Waals surface area (Å²) in [5.41, 5.74) is 1.88. The quantitative estimate of drug-likeness (QED) is 0.842. The minimum atomic E-state index is -0.467. The number of methoxy groups -OCH3 is 1. The van der Waals surface area contributed by atoms with Crippen LogP contribution in [0.15, 0.2) is 43.1 Å². The third-order valence-electron chi connectivity index (χ3n) is 6.01. The second-order valence-electron chi connectivity index (χ2n) is 7.13. The molecule has 2 aromatic rings. The van der Waals surface area contributed by atoms with E-state index in [-0.39, 0.29) is 6.04 Å². The molecule has 3 fully saturated rings. The minimum absolute atomic E-state index is 0.261. The number of rotatable bonds is 4. The van der Waals surface area contributed by atoms with Gasteiger partial charge in [-0.1, -0.05) is 6.08 Å². The van der Waals surface area contributed by atoms with Crippen molar-refractivity contribution >= 4 is 10.9 Å². The van der Waals surface area contributed by atoms with Crippen LogP contribution in [0.2, 0.25) is 0 Å². The summed E-state index contributed by atoms with van der Waals surface area (Å²) >= 11 is 0. The molecule has 4 heteroatoms. The van der Waals surface area contributed by atoms with Crippen molar-refractivity contribution in [2.75, 3.05) is 20.2 Å². The third-order valence-corrected chi connectivity index (χ3v) is 6.01. The highest BCUT2D eigenvalue weighted by molar-refractivity contribution is 5.83. The zero-order valence-electron chi connectivity index (χ0n) is 14.1. The Morgan fingerprint density at radius 1 is 1.42 bits per heavy atom. The predicted octanol–water partition coefficient (Wildman–Crippen LogP) is 1.76. The lowest BCUT2D eigenvalue weighted by Crippen LogP contribution is -3.20. The van der Waals surface area contributed by atoms with E-state index in [2.05, 4.69) is 17.6 Å². The second-order valence-corrected chi connectivity index (χ2v) is 7.13. The van der Waals surface area contributed by atoms with Crippen molar-refractivity contribution in [1.82, 2.24) is 4.98 Å². The van der Waals surface area contributed by atoms with E-state index in [1.165, 1.54) is 11.3 Å². The number of aliphatic hydroxyl groups is 1. The molecule has 0 spiro atoms. The van der Waals surface area contributed by atoms with Gasteiger partial charge >= 0.3 is 0 Å². The van der Waals surface area contributed by atoms with Gasteiger partial charge in [-0.2, -0.15) is 0 Å². The average Bonchev–Trinajstić information content (AvgIpc) is 2.66. The van der Waals surface area contributed by atoms with Crippen LogP contribution in [-0.4, -0.2) is 36.3 Å². The third kappa shape index (κ3) is 2.50. The van der Waals surface area contributed by atoms with Gasteiger partial charge < -0.3 is 14.7 Å². The first-order valence-corrected chi connectivity index (χ1v) is 8.79. The Morgan fingerprint density at radius 3 is 3.00 bits per heavy atom. The van der Waals surface area contributed by atoms with Gasteiger partial charge in [0.15, 0.2) is 0 Å². The van der Waals surface area contributed by atoms with Crippen LogP contribution in [0.5, 0.6) is 5.75 Å². The molecule has 4 heterocycles. The van der Waals surface area contributed by atoms with E-state index in [0.29, 0.717) is 11.8 Å². The minimum Gasteiger partial charge on any atom is -0.497 e. The number of hydrogen-bond donors (Lipinski definition) is 2. The van der Waals surface area contributed by atoms with Gasteiger partial charge in [0.2, 0.25) is 0 Å². The molecule has 0 radical (unpaired) electrons. The molecule has 1 aromatic carbocycles. The Bertz CT molecular complexity index is 760. The van der Waals surface area contributed by atoms with Crippen molar-refractivity contribution in [3.05, 3.63) is 48.7 Å². The van der Waals surface area contributed by atoms with Gasteiger partial charge in [-0.15, -0.1) is 6.58 Å². The van der Waals surface area contributed by atoms with Crippen LogP contribution in [0.25, 0.3) is 10.9 Å². The summed E-state index contributed by atoms with van der Waals surface area (Å²) in [6.45, 7) is 6.25. The molecule has 2 N–H and O–H groups in total. The molecule has 5 rings (SSSR count). The molecule has 3 aliphatic rings. The fraction of sp³-hybridized carbons (Fsp3) is 0.450. The van der Waals surface area contributed by atoms with E-state index in [1.54, 1.807) is 13.3 Å². The number of quaternary nitrogens is 1. The van der Waals surface area contributed by atoms with Gasteiger partial charge in [-0.25, -0.2) is 0 Å². The van der Waals surface area contributed by atoms with Crippen LogP contribution in [0.4, 0.5) is 0 Å². The lowest BCUT2D eigenvalue weighted by molar-refractivity contribution is -0.949. The summed E-state index contributed by atoms with van der Waals surface area (Å²) in [6, 6.07) is 8.08. The van der Waals surface area contributed by atoms with Gasteiger partial charge in [-0.3, -0.25) is 4.98 Å². The van der Waals surface area contributed by atoms with Gasteiger partial charge in [0, 0.05) is 30.3 Å². The van der Waals surface area contributed by atoms with Crippen molar-refractivity contribution in [2.45, 2.75) is 25.0 Å². The fourth-order valence-electron chi connectivity index (χ4n) is 4.65. The first-order chi connectivity index (χ1) is 11.7. The number of pyridine rings is 1. The second kappa shape index (κ2) is 6.19. The van der Waals surface area contributed by atoms with Crippen molar-refractivity contribution in [3.63, 3.8) is 0 Å². The number of fused-ring (bicyclic) bond motifs is 4. The summed E-state index contributed by atoms with van der Waals surface area (Å²) in [5.74, 6) is 2.07. The number of nitrogens with zero attached hydrogens (tertiary/aromatic N) is 1. The lowest BCUT2D eigenvalue weighted by Gasteiger charge is -2.47. The largest absolute Gasteiger partial charge is 0.497 e. The van der Waals surface area contributed by atoms with Crippen LogP contribution in [0, 0.1) is 11.8 Å². The van der Waals surface area contributed by atoms with Crippen LogP contribution < -0.4 is 9.64 Å². The van der Waals surface area contributed by atoms with Crippen molar-refractivity contribution < 1.29 is 14.7 Å². The van der Waals surface area contributed by atoms with Crippen molar-refractivity contribution in [1.29, 1.82) is 0 Å². The summed E-state index contributed by atoms with van der Waals surface area (Å²) in [5, 5.41) is 12.2. The first kappa shape index (κ1) is 15.6. The van der Waals surface area contributed by atoms with Gasteiger partial charge in [0.25, 0.3) is 0 Å². The molecule has 2 bridgehead atoms. The SMILES string of the molecule is C=C[C@H]1C[NH+]2CC[C@@H]1C[C@H]2[C@@H](O)c1ccnc2ccc(OC)cc12. The normalized spacial score (nSPS) is 30.2. The van der Waals surface area contributed by atoms with E-state index < -0.39 is 6.10 Å². The topological polar surface area (TPSA) is 46.8 Å². The van der Waals surface area contributed by atoms with E-state index in [0.717, 1.165) is 41.7 Å². The van der Waals surface area contributed by atoms with Crippen molar-refractivity contribution in [3.8, 4) is 5.75 Å². The number of nitrogens with one attached hydrogen (secondary N) is 1. The monoisotopic (exact) mass is 325 g/mol. The molecule has 3 aliphatic heterocycles. The van der Waals surface area contributed by atoms with Crippen LogP contribution >= 0.6 is 0 Å². The highest BCUT2D eigenvalue weighted by atomic mass is 16.5. The number of aliphatic hydroxyl groups excluding tert-OH is 1. The summed E-state index contributed by atoms with van der Waals surface area (Å²) in [7, 11) is 1.67. The number of ether oxygens (including phenoxy) is 1. The first-order valence-electron chi connectivity index (χ1n) is 8.79. The number of benzene rings is 1. The van der Waals surface area contributed by atoms with Gasteiger partial charge in [0.05, 0.1) is 25.7 Å². The summed E-state index contributed by atoms with van der Waals surface area (Å²) in [6.07, 6.45) is 5.76. The Morgan fingerprint density at radius 2 is 2.29 bits per heavy atom. The molecule has 24 heavy (non-hydrogen) atoms. The van der Waals surface area contributed by atoms with Crippen LogP contribution in [0.1, 0.15) is 24.5 Å². The Balaban J connectivity index is 1.69. The molecule has 126 valence electrons. The molecule has 0 saturated carbocycles. The Hall–Kier alpha value is -1.91. The average molecular weight is 325 g/mol. The molecule has 3 saturated heterocycles. The fourth-order valence-corrected chi connectivity index (χ4v) is 4.65. The number of aromatic nitrogens is 1. The standard InChI is InChI=1S/C20H24N2O2/c1-3-13-12-22-9-7-14(13)10-19(22)20(23)16-6-8-21-18-5-4-15(24-2)11-17(16)18/h3-6,8,11,13-14,19-20,23H,1,7,9-10,12H2,2H3/p+1/t13-,14+,19-,20-/m0/s1. The summed E-state index contributed by atoms with van der Waals surface area (Å²) < 4.78 is 5.35. The van der Waals surface area contributed by atoms with Gasteiger partial charge in [-0.05, 0) is 35.7 Å². The van der Waals surface area contributed by atoms with E-state index in [9.17, 15) is 5.11 Å². The maximum atomic E-state index is 11.2. The van der Waals surface area contributed by atoms with Crippen LogP contribution in [-0.2, 0) is 0 Å². The van der Waals surface area contributed by atoms with Gasteiger partial charge in [0.1, 0.15) is 17.9 Å². The van der Waals surface area contributed by atoms with E-state index in [1.807, 2.05) is 24.3 Å². The molecule has 0 aliphatic carbocycles. The molecule has 1 aromatic heterocycles. The molecule has 5 atom stereocenters. The van der Waals surface area contributed by atoms with Crippen LogP contribution in [0.3, 0.4) is 0 Å². The molecule has 4 nitrogen and oxygen atoms in total. The number of hydrogen-bond acceptors (Lipinski definition) is 3. The van der Waals surface area contributed by atoms with Crippen molar-refractivity contribution in [2.24, 2.45) is 11.8 Å². The molecule has 1 unspecified atom stereocenters. The maximum Gasteiger partial charge on any atom is 0.131 e. The number of piperidine rings is 3. The smallest absolute Gasteiger partial charge is 0.131 e. The zero-order valence-corrected chi connectivity index (χ0v) is 14.1. The lowest BCUT2D eigenvalue weighted by atomic mass is 9.73. The zero-order chi connectivity index (χ0) is 16.7. The summed E-state index contributed by atoms with van der Waals surface area (Å²) in [4.78, 5) is 5.95. The molecular weight excluding hydrogens is 300 g/mol. The Kier molecular flexibility index (Phi) is 4.02. The predicted molar refractivity (Wildman–Crippen MR) is 94.2 cm³/mol. The van der Waals surface area contributed by atoms with E-state index in [4.69, 9.17) is 4.74 Å². The molecule has 0 amide bonds. The maximum absolute atomic E-state index is 11.2. The highest BCUT2D eigenvalue weighted by Crippen LogP contribution is 2.34. The Labute approximate surface area is 142 Å². The molecular formula is C20H25N2O2+.